The van der Waals surface area contributed by atoms with Crippen LogP contribution in [0.15, 0.2) is 30.5 Å². The average molecular weight is 445 g/mol. The van der Waals surface area contributed by atoms with E-state index in [4.69, 9.17) is 18.9 Å². The minimum atomic E-state index is -0.515. The first-order valence-corrected chi connectivity index (χ1v) is 9.88. The van der Waals surface area contributed by atoms with Crippen LogP contribution in [0.4, 0.5) is 4.39 Å². The third kappa shape index (κ3) is 5.79. The number of hydrogen-bond donors (Lipinski definition) is 0. The lowest BCUT2D eigenvalue weighted by molar-refractivity contribution is -0.134. The van der Waals surface area contributed by atoms with Gasteiger partial charge in [0.1, 0.15) is 24.3 Å². The van der Waals surface area contributed by atoms with Crippen LogP contribution in [0.25, 0.3) is 6.08 Å². The van der Waals surface area contributed by atoms with Gasteiger partial charge >= 0.3 is 6.01 Å². The van der Waals surface area contributed by atoms with Crippen LogP contribution in [-0.4, -0.2) is 73.2 Å². The highest BCUT2D eigenvalue weighted by Crippen LogP contribution is 2.22. The first-order valence-electron chi connectivity index (χ1n) is 9.88. The molecule has 3 rings (SSSR count). The topological polar surface area (TPSA) is 100 Å². The smallest absolute Gasteiger partial charge is 0.319 e. The molecule has 1 amide bonds. The number of ether oxygens (including phenoxy) is 4. The number of carbonyl (C=O) groups is 2. The number of halogens is 1. The molecule has 0 N–H and O–H groups in total. The predicted molar refractivity (Wildman–Crippen MR) is 112 cm³/mol. The Morgan fingerprint density at radius 3 is 2.84 bits per heavy atom. The van der Waals surface area contributed by atoms with Gasteiger partial charge in [-0.2, -0.15) is 4.98 Å². The van der Waals surface area contributed by atoms with Crippen LogP contribution in [0.3, 0.4) is 0 Å². The van der Waals surface area contributed by atoms with Crippen LogP contribution in [0.5, 0.6) is 17.6 Å². The number of aromatic nitrogens is 2. The molecular formula is C22H24FN3O6. The molecule has 2 heterocycles. The van der Waals surface area contributed by atoms with E-state index in [-0.39, 0.29) is 41.5 Å². The average Bonchev–Trinajstić information content (AvgIpc) is 2.81. The minimum Gasteiger partial charge on any atom is -0.490 e. The molecule has 1 atom stereocenters. The van der Waals surface area contributed by atoms with Crippen LogP contribution in [0, 0.1) is 5.82 Å². The van der Waals surface area contributed by atoms with Gasteiger partial charge in [0.25, 0.3) is 0 Å². The van der Waals surface area contributed by atoms with Crippen molar-refractivity contribution < 1.29 is 32.9 Å². The first kappa shape index (κ1) is 23.1. The van der Waals surface area contributed by atoms with Crippen molar-refractivity contribution in [3.63, 3.8) is 0 Å². The largest absolute Gasteiger partial charge is 0.490 e. The number of carbonyl (C=O) groups excluding carboxylic acids is 2. The Kier molecular flexibility index (Phi) is 7.72. The van der Waals surface area contributed by atoms with E-state index >= 15 is 0 Å². The van der Waals surface area contributed by atoms with E-state index in [0.29, 0.717) is 25.3 Å². The molecule has 1 aromatic heterocycles. The molecule has 1 aliphatic rings. The zero-order valence-corrected chi connectivity index (χ0v) is 18.0. The standard InChI is InChI=1S/C22H24FN3O6/c1-14(27)18-10-16(23)5-6-19(18)32-13-17-12-26(8-9-31-17)20(28)7-4-15-11-24-22(30-3)25-21(15)29-2/h4-7,10-11,17H,8-9,12-13H2,1-3H3. The number of rotatable bonds is 8. The Morgan fingerprint density at radius 1 is 1.31 bits per heavy atom. The summed E-state index contributed by atoms with van der Waals surface area (Å²) in [6.45, 7) is 2.51. The van der Waals surface area contributed by atoms with Crippen molar-refractivity contribution >= 4 is 17.8 Å². The molecule has 1 saturated heterocycles. The Labute approximate surface area is 184 Å². The quantitative estimate of drug-likeness (QED) is 0.450. The van der Waals surface area contributed by atoms with Gasteiger partial charge in [0, 0.05) is 18.8 Å². The number of ketones is 1. The van der Waals surface area contributed by atoms with Crippen LogP contribution < -0.4 is 14.2 Å². The monoisotopic (exact) mass is 445 g/mol. The van der Waals surface area contributed by atoms with E-state index in [2.05, 4.69) is 9.97 Å². The molecule has 0 aliphatic carbocycles. The normalized spacial score (nSPS) is 16.1. The van der Waals surface area contributed by atoms with Gasteiger partial charge < -0.3 is 23.8 Å². The molecule has 0 spiro atoms. The van der Waals surface area contributed by atoms with E-state index in [1.165, 1.54) is 45.5 Å². The molecule has 1 aromatic carbocycles. The van der Waals surface area contributed by atoms with Crippen molar-refractivity contribution in [2.24, 2.45) is 0 Å². The predicted octanol–water partition coefficient (Wildman–Crippen LogP) is 2.16. The number of Topliss-reactive ketones (excluding diaryl/α,β-unsaturated/α-hetero) is 1. The van der Waals surface area contributed by atoms with E-state index < -0.39 is 11.9 Å². The van der Waals surface area contributed by atoms with Gasteiger partial charge in [-0.25, -0.2) is 9.37 Å². The molecule has 9 nitrogen and oxygen atoms in total. The Hall–Kier alpha value is -3.53. The summed E-state index contributed by atoms with van der Waals surface area (Å²) >= 11 is 0. The highest BCUT2D eigenvalue weighted by molar-refractivity contribution is 5.96. The third-order valence-corrected chi connectivity index (χ3v) is 4.74. The number of methoxy groups -OCH3 is 2. The molecule has 170 valence electrons. The van der Waals surface area contributed by atoms with Crippen molar-refractivity contribution in [2.75, 3.05) is 40.5 Å². The van der Waals surface area contributed by atoms with Crippen molar-refractivity contribution in [2.45, 2.75) is 13.0 Å². The fraction of sp³-hybridized carbons (Fsp3) is 0.364. The maximum atomic E-state index is 13.4. The summed E-state index contributed by atoms with van der Waals surface area (Å²) in [5, 5.41) is 0. The highest BCUT2D eigenvalue weighted by atomic mass is 19.1. The summed E-state index contributed by atoms with van der Waals surface area (Å²) < 4.78 is 34.9. The van der Waals surface area contributed by atoms with Crippen LogP contribution in [0.1, 0.15) is 22.8 Å². The van der Waals surface area contributed by atoms with Crippen molar-refractivity contribution in [1.82, 2.24) is 14.9 Å². The number of nitrogens with zero attached hydrogens (tertiary/aromatic N) is 3. The number of morpholine rings is 1. The molecule has 0 bridgehead atoms. The first-order chi connectivity index (χ1) is 15.4. The number of hydrogen-bond acceptors (Lipinski definition) is 8. The second-order valence-corrected chi connectivity index (χ2v) is 6.94. The molecular weight excluding hydrogens is 421 g/mol. The lowest BCUT2D eigenvalue weighted by atomic mass is 10.1. The van der Waals surface area contributed by atoms with Gasteiger partial charge in [-0.15, -0.1) is 0 Å². The van der Waals surface area contributed by atoms with Gasteiger partial charge in [-0.1, -0.05) is 0 Å². The third-order valence-electron chi connectivity index (χ3n) is 4.74. The van der Waals surface area contributed by atoms with Crippen molar-refractivity contribution in [3.05, 3.63) is 47.4 Å². The summed E-state index contributed by atoms with van der Waals surface area (Å²) in [4.78, 5) is 34.1. The van der Waals surface area contributed by atoms with Gasteiger partial charge in [0.2, 0.25) is 11.8 Å². The van der Waals surface area contributed by atoms with Gasteiger partial charge in [-0.05, 0) is 31.2 Å². The number of amides is 1. The fourth-order valence-electron chi connectivity index (χ4n) is 3.11. The zero-order chi connectivity index (χ0) is 23.1. The summed E-state index contributed by atoms with van der Waals surface area (Å²) in [6, 6.07) is 3.93. The molecule has 0 radical (unpaired) electrons. The lowest BCUT2D eigenvalue weighted by Crippen LogP contribution is -2.47. The Morgan fingerprint density at radius 2 is 2.12 bits per heavy atom. The molecule has 10 heteroatoms. The molecule has 1 fully saturated rings. The summed E-state index contributed by atoms with van der Waals surface area (Å²) in [5.41, 5.74) is 0.690. The highest BCUT2D eigenvalue weighted by Gasteiger charge is 2.24. The van der Waals surface area contributed by atoms with E-state index in [1.807, 2.05) is 0 Å². The maximum absolute atomic E-state index is 13.4. The molecule has 1 aliphatic heterocycles. The van der Waals surface area contributed by atoms with E-state index in [1.54, 1.807) is 11.0 Å². The lowest BCUT2D eigenvalue weighted by Gasteiger charge is -2.32. The molecule has 2 aromatic rings. The molecule has 0 saturated carbocycles. The van der Waals surface area contributed by atoms with Gasteiger partial charge in [0.15, 0.2) is 5.78 Å². The van der Waals surface area contributed by atoms with Gasteiger partial charge in [0.05, 0.1) is 38.5 Å². The summed E-state index contributed by atoms with van der Waals surface area (Å²) in [6.07, 6.45) is 4.08. The van der Waals surface area contributed by atoms with Crippen molar-refractivity contribution in [3.8, 4) is 17.6 Å². The second-order valence-electron chi connectivity index (χ2n) is 6.94. The van der Waals surface area contributed by atoms with Crippen LogP contribution >= 0.6 is 0 Å². The number of benzene rings is 1. The van der Waals surface area contributed by atoms with Crippen molar-refractivity contribution in [1.29, 1.82) is 0 Å². The van der Waals surface area contributed by atoms with Crippen LogP contribution in [-0.2, 0) is 9.53 Å². The maximum Gasteiger partial charge on any atom is 0.319 e. The SMILES string of the molecule is COc1ncc(C=CC(=O)N2CCOC(COc3ccc(F)cc3C(C)=O)C2)c(OC)n1. The van der Waals surface area contributed by atoms with Gasteiger partial charge in [-0.3, -0.25) is 9.59 Å². The zero-order valence-electron chi connectivity index (χ0n) is 18.0. The molecule has 1 unspecified atom stereocenters. The second kappa shape index (κ2) is 10.7. The fourth-order valence-corrected chi connectivity index (χ4v) is 3.11. The van der Waals surface area contributed by atoms with E-state index in [9.17, 15) is 14.0 Å². The summed E-state index contributed by atoms with van der Waals surface area (Å²) in [5.74, 6) is -0.475. The van der Waals surface area contributed by atoms with E-state index in [0.717, 1.165) is 6.07 Å². The Bertz CT molecular complexity index is 1010. The summed E-state index contributed by atoms with van der Waals surface area (Å²) in [7, 11) is 2.91. The minimum absolute atomic E-state index is 0.111. The molecule has 32 heavy (non-hydrogen) atoms. The Balaban J connectivity index is 1.61. The van der Waals surface area contributed by atoms with Crippen LogP contribution in [0.2, 0.25) is 0 Å².